The van der Waals surface area contributed by atoms with Crippen LogP contribution < -0.4 is 5.32 Å². The van der Waals surface area contributed by atoms with Gasteiger partial charge in [0.15, 0.2) is 0 Å². The van der Waals surface area contributed by atoms with Crippen LogP contribution in [0.25, 0.3) is 0 Å². The highest BCUT2D eigenvalue weighted by Gasteiger charge is 2.05. The molecule has 1 N–H and O–H groups in total. The van der Waals surface area contributed by atoms with E-state index in [1.54, 1.807) is 19.0 Å². The first-order chi connectivity index (χ1) is 6.70. The number of carbonyl (C=O) groups is 1. The summed E-state index contributed by atoms with van der Waals surface area (Å²) in [5.74, 6) is 0. The van der Waals surface area contributed by atoms with Crippen molar-refractivity contribution in [3.05, 3.63) is 11.6 Å². The molecule has 0 radical (unpaired) electrons. The molecule has 1 aliphatic carbocycles. The van der Waals surface area contributed by atoms with Crippen LogP contribution in [-0.2, 0) is 0 Å². The quantitative estimate of drug-likeness (QED) is 0.689. The van der Waals surface area contributed by atoms with E-state index in [-0.39, 0.29) is 6.03 Å². The van der Waals surface area contributed by atoms with Gasteiger partial charge < -0.3 is 10.2 Å². The Balaban J connectivity index is 2.14. The standard InChI is InChI=1S/C11H20N2O/c1-13(2)11(14)12-9-8-10-6-4-3-5-7-10/h6H,3-5,7-9H2,1-2H3,(H,12,14). The van der Waals surface area contributed by atoms with E-state index in [1.165, 1.54) is 31.3 Å². The third-order valence-electron chi connectivity index (χ3n) is 2.51. The van der Waals surface area contributed by atoms with Gasteiger partial charge >= 0.3 is 6.03 Å². The first kappa shape index (κ1) is 11.1. The fraction of sp³-hybridized carbons (Fsp3) is 0.727. The highest BCUT2D eigenvalue weighted by molar-refractivity contribution is 5.73. The van der Waals surface area contributed by atoms with Crippen LogP contribution in [0.1, 0.15) is 32.1 Å². The van der Waals surface area contributed by atoms with E-state index >= 15 is 0 Å². The van der Waals surface area contributed by atoms with Crippen molar-refractivity contribution in [1.82, 2.24) is 10.2 Å². The molecule has 0 bridgehead atoms. The Morgan fingerprint density at radius 1 is 1.50 bits per heavy atom. The molecule has 3 heteroatoms. The summed E-state index contributed by atoms with van der Waals surface area (Å²) in [4.78, 5) is 12.7. The Bertz CT molecular complexity index is 221. The molecule has 0 fully saturated rings. The molecule has 0 heterocycles. The van der Waals surface area contributed by atoms with Crippen molar-refractivity contribution < 1.29 is 4.79 Å². The summed E-state index contributed by atoms with van der Waals surface area (Å²) >= 11 is 0. The molecule has 0 aliphatic heterocycles. The predicted molar refractivity (Wildman–Crippen MR) is 58.3 cm³/mol. The first-order valence-corrected chi connectivity index (χ1v) is 5.33. The summed E-state index contributed by atoms with van der Waals surface area (Å²) in [5.41, 5.74) is 1.51. The molecule has 0 atom stereocenters. The fourth-order valence-corrected chi connectivity index (χ4v) is 1.62. The van der Waals surface area contributed by atoms with Gasteiger partial charge in [0.05, 0.1) is 0 Å². The second kappa shape index (κ2) is 5.68. The lowest BCUT2D eigenvalue weighted by molar-refractivity contribution is 0.217. The van der Waals surface area contributed by atoms with E-state index in [4.69, 9.17) is 0 Å². The molecule has 0 aromatic carbocycles. The molecule has 0 spiro atoms. The van der Waals surface area contributed by atoms with Crippen LogP contribution in [0.2, 0.25) is 0 Å². The zero-order chi connectivity index (χ0) is 10.4. The summed E-state index contributed by atoms with van der Waals surface area (Å²) in [6.45, 7) is 0.767. The minimum absolute atomic E-state index is 0.00131. The monoisotopic (exact) mass is 196 g/mol. The molecule has 0 saturated carbocycles. The number of carbonyl (C=O) groups excluding carboxylic acids is 1. The van der Waals surface area contributed by atoms with Gasteiger partial charge in [-0.3, -0.25) is 0 Å². The summed E-state index contributed by atoms with van der Waals surface area (Å²) in [7, 11) is 3.52. The van der Waals surface area contributed by atoms with Gasteiger partial charge in [0.25, 0.3) is 0 Å². The molecule has 80 valence electrons. The lowest BCUT2D eigenvalue weighted by Gasteiger charge is -2.15. The third-order valence-corrected chi connectivity index (χ3v) is 2.51. The van der Waals surface area contributed by atoms with Crippen molar-refractivity contribution in [2.75, 3.05) is 20.6 Å². The maximum atomic E-state index is 11.2. The maximum Gasteiger partial charge on any atom is 0.316 e. The molecule has 1 aliphatic rings. The van der Waals surface area contributed by atoms with E-state index in [2.05, 4.69) is 11.4 Å². The Labute approximate surface area is 86.2 Å². The molecular formula is C11H20N2O. The van der Waals surface area contributed by atoms with Crippen LogP contribution >= 0.6 is 0 Å². The molecule has 0 saturated heterocycles. The van der Waals surface area contributed by atoms with Crippen molar-refractivity contribution >= 4 is 6.03 Å². The van der Waals surface area contributed by atoms with E-state index in [0.717, 1.165) is 13.0 Å². The highest BCUT2D eigenvalue weighted by Crippen LogP contribution is 2.19. The third kappa shape index (κ3) is 3.81. The summed E-state index contributed by atoms with van der Waals surface area (Å²) in [6, 6.07) is 0.00131. The van der Waals surface area contributed by atoms with Crippen LogP contribution in [-0.4, -0.2) is 31.6 Å². The molecule has 0 aromatic rings. The summed E-state index contributed by atoms with van der Waals surface area (Å²) in [5, 5.41) is 2.88. The van der Waals surface area contributed by atoms with E-state index < -0.39 is 0 Å². The number of amides is 2. The minimum Gasteiger partial charge on any atom is -0.338 e. The first-order valence-electron chi connectivity index (χ1n) is 5.33. The lowest BCUT2D eigenvalue weighted by Crippen LogP contribution is -2.35. The predicted octanol–water partition coefficient (Wildman–Crippen LogP) is 2.15. The van der Waals surface area contributed by atoms with Crippen molar-refractivity contribution in [2.45, 2.75) is 32.1 Å². The average Bonchev–Trinajstić information content (AvgIpc) is 2.19. The van der Waals surface area contributed by atoms with Crippen LogP contribution in [0.5, 0.6) is 0 Å². The molecule has 1 rings (SSSR count). The number of urea groups is 1. The Morgan fingerprint density at radius 3 is 2.86 bits per heavy atom. The maximum absolute atomic E-state index is 11.2. The van der Waals surface area contributed by atoms with E-state index in [0.29, 0.717) is 0 Å². The molecule has 14 heavy (non-hydrogen) atoms. The van der Waals surface area contributed by atoms with Crippen molar-refractivity contribution in [3.8, 4) is 0 Å². The molecule has 3 nitrogen and oxygen atoms in total. The van der Waals surface area contributed by atoms with Gasteiger partial charge in [-0.05, 0) is 32.1 Å². The Hall–Kier alpha value is -0.990. The Kier molecular flexibility index (Phi) is 4.50. The van der Waals surface area contributed by atoms with Gasteiger partial charge in [-0.15, -0.1) is 0 Å². The number of rotatable bonds is 3. The van der Waals surface area contributed by atoms with Crippen LogP contribution in [0.3, 0.4) is 0 Å². The van der Waals surface area contributed by atoms with Crippen LogP contribution in [0.15, 0.2) is 11.6 Å². The molecular weight excluding hydrogens is 176 g/mol. The Morgan fingerprint density at radius 2 is 2.29 bits per heavy atom. The van der Waals surface area contributed by atoms with E-state index in [9.17, 15) is 4.79 Å². The smallest absolute Gasteiger partial charge is 0.316 e. The summed E-state index contributed by atoms with van der Waals surface area (Å²) < 4.78 is 0. The van der Waals surface area contributed by atoms with Gasteiger partial charge in [-0.25, -0.2) is 4.79 Å². The van der Waals surface area contributed by atoms with Gasteiger partial charge in [0, 0.05) is 20.6 Å². The minimum atomic E-state index is 0.00131. The number of nitrogens with one attached hydrogen (secondary N) is 1. The second-order valence-electron chi connectivity index (χ2n) is 3.98. The number of allylic oxidation sites excluding steroid dienone is 1. The zero-order valence-corrected chi connectivity index (χ0v) is 9.18. The fourth-order valence-electron chi connectivity index (χ4n) is 1.62. The second-order valence-corrected chi connectivity index (χ2v) is 3.98. The van der Waals surface area contributed by atoms with Crippen molar-refractivity contribution in [2.24, 2.45) is 0 Å². The average molecular weight is 196 g/mol. The molecule has 0 aromatic heterocycles. The van der Waals surface area contributed by atoms with Gasteiger partial charge in [0.1, 0.15) is 0 Å². The van der Waals surface area contributed by atoms with Gasteiger partial charge in [0.2, 0.25) is 0 Å². The van der Waals surface area contributed by atoms with Crippen LogP contribution in [0.4, 0.5) is 4.79 Å². The van der Waals surface area contributed by atoms with Gasteiger partial charge in [-0.2, -0.15) is 0 Å². The number of nitrogens with zero attached hydrogens (tertiary/aromatic N) is 1. The topological polar surface area (TPSA) is 32.3 Å². The zero-order valence-electron chi connectivity index (χ0n) is 9.18. The molecule has 0 unspecified atom stereocenters. The van der Waals surface area contributed by atoms with Crippen molar-refractivity contribution in [3.63, 3.8) is 0 Å². The SMILES string of the molecule is CN(C)C(=O)NCCC1=CCCCC1. The largest absolute Gasteiger partial charge is 0.338 e. The van der Waals surface area contributed by atoms with Crippen molar-refractivity contribution in [1.29, 1.82) is 0 Å². The van der Waals surface area contributed by atoms with Crippen LogP contribution in [0, 0.1) is 0 Å². The summed E-state index contributed by atoms with van der Waals surface area (Å²) in [6.07, 6.45) is 8.42. The van der Waals surface area contributed by atoms with Gasteiger partial charge in [-0.1, -0.05) is 11.6 Å². The number of hydrogen-bond donors (Lipinski definition) is 1. The lowest BCUT2D eigenvalue weighted by atomic mass is 9.97. The number of hydrogen-bond acceptors (Lipinski definition) is 1. The molecule has 2 amide bonds. The normalized spacial score (nSPS) is 16.0. The van der Waals surface area contributed by atoms with E-state index in [1.807, 2.05) is 0 Å². The highest BCUT2D eigenvalue weighted by atomic mass is 16.2.